The lowest BCUT2D eigenvalue weighted by Crippen LogP contribution is -1.90. The second-order valence-electron chi connectivity index (χ2n) is 2.60. The van der Waals surface area contributed by atoms with Gasteiger partial charge in [-0.3, -0.25) is 0 Å². The molecule has 2 heteroatoms. The maximum absolute atomic E-state index is 12.5. The van der Waals surface area contributed by atoms with E-state index in [9.17, 15) is 4.39 Å². The largest absolute Gasteiger partial charge is 0.309 e. The summed E-state index contributed by atoms with van der Waals surface area (Å²) in [7, 11) is 0. The van der Waals surface area contributed by atoms with Crippen LogP contribution in [0.3, 0.4) is 0 Å². The van der Waals surface area contributed by atoms with Gasteiger partial charge in [0.1, 0.15) is 5.82 Å². The molecule has 0 amide bonds. The standard InChI is InChI=1S/C10H10FN/c1-3-10(12-2)8-4-6-9(11)7-5-8/h4-7,10H,3H2,1H3. The zero-order valence-electron chi connectivity index (χ0n) is 6.92. The van der Waals surface area contributed by atoms with Gasteiger partial charge in [0.15, 0.2) is 0 Å². The zero-order valence-corrected chi connectivity index (χ0v) is 6.92. The van der Waals surface area contributed by atoms with Crippen LogP contribution in [0.1, 0.15) is 24.9 Å². The van der Waals surface area contributed by atoms with Crippen LogP contribution >= 0.6 is 0 Å². The van der Waals surface area contributed by atoms with Gasteiger partial charge in [-0.05, 0) is 24.3 Å². The molecule has 1 rings (SSSR count). The molecular formula is C10H10FN. The van der Waals surface area contributed by atoms with E-state index < -0.39 is 0 Å². The smallest absolute Gasteiger partial charge is 0.248 e. The van der Waals surface area contributed by atoms with E-state index in [0.717, 1.165) is 12.0 Å². The molecule has 1 unspecified atom stereocenters. The minimum atomic E-state index is -0.251. The molecule has 0 aliphatic heterocycles. The maximum atomic E-state index is 12.5. The molecule has 0 aliphatic carbocycles. The van der Waals surface area contributed by atoms with Crippen molar-refractivity contribution in [3.63, 3.8) is 0 Å². The molecule has 1 atom stereocenters. The fraction of sp³-hybridized carbons (Fsp3) is 0.300. The van der Waals surface area contributed by atoms with Gasteiger partial charge in [0.25, 0.3) is 0 Å². The van der Waals surface area contributed by atoms with Gasteiger partial charge in [0.2, 0.25) is 6.04 Å². The molecule has 0 aliphatic rings. The molecule has 0 heterocycles. The van der Waals surface area contributed by atoms with E-state index in [4.69, 9.17) is 6.57 Å². The van der Waals surface area contributed by atoms with E-state index in [0.29, 0.717) is 0 Å². The van der Waals surface area contributed by atoms with Crippen LogP contribution in [0.2, 0.25) is 0 Å². The summed E-state index contributed by atoms with van der Waals surface area (Å²) >= 11 is 0. The van der Waals surface area contributed by atoms with Crippen molar-refractivity contribution in [3.8, 4) is 0 Å². The van der Waals surface area contributed by atoms with Gasteiger partial charge in [0, 0.05) is 12.0 Å². The van der Waals surface area contributed by atoms with Crippen LogP contribution in [0.15, 0.2) is 24.3 Å². The summed E-state index contributed by atoms with van der Waals surface area (Å²) < 4.78 is 12.5. The van der Waals surface area contributed by atoms with E-state index in [1.165, 1.54) is 12.1 Å². The van der Waals surface area contributed by atoms with Crippen molar-refractivity contribution in [1.29, 1.82) is 0 Å². The molecule has 0 spiro atoms. The highest BCUT2D eigenvalue weighted by atomic mass is 19.1. The Hall–Kier alpha value is -1.36. The number of hydrogen-bond acceptors (Lipinski definition) is 0. The van der Waals surface area contributed by atoms with E-state index in [-0.39, 0.29) is 11.9 Å². The van der Waals surface area contributed by atoms with Gasteiger partial charge in [-0.1, -0.05) is 6.92 Å². The van der Waals surface area contributed by atoms with Gasteiger partial charge < -0.3 is 4.85 Å². The Labute approximate surface area is 71.7 Å². The van der Waals surface area contributed by atoms with Crippen LogP contribution < -0.4 is 0 Å². The highest BCUT2D eigenvalue weighted by Crippen LogP contribution is 2.20. The summed E-state index contributed by atoms with van der Waals surface area (Å²) in [4.78, 5) is 3.43. The summed E-state index contributed by atoms with van der Waals surface area (Å²) in [6.45, 7) is 8.83. The first-order valence-electron chi connectivity index (χ1n) is 3.90. The Morgan fingerprint density at radius 2 is 2.00 bits per heavy atom. The average molecular weight is 163 g/mol. The number of halogens is 1. The van der Waals surface area contributed by atoms with Crippen molar-refractivity contribution in [2.45, 2.75) is 19.4 Å². The second kappa shape index (κ2) is 3.87. The Balaban J connectivity index is 2.89. The summed E-state index contributed by atoms with van der Waals surface area (Å²) in [5, 5.41) is 0. The highest BCUT2D eigenvalue weighted by Gasteiger charge is 2.11. The molecule has 0 bridgehead atoms. The lowest BCUT2D eigenvalue weighted by molar-refractivity contribution is 0.626. The van der Waals surface area contributed by atoms with Crippen molar-refractivity contribution in [3.05, 3.63) is 47.1 Å². The fourth-order valence-electron chi connectivity index (χ4n) is 1.09. The fourth-order valence-corrected chi connectivity index (χ4v) is 1.09. The molecule has 0 saturated carbocycles. The predicted molar refractivity (Wildman–Crippen MR) is 46.0 cm³/mol. The first kappa shape index (κ1) is 8.73. The molecule has 0 aromatic heterocycles. The normalized spacial score (nSPS) is 12.1. The van der Waals surface area contributed by atoms with Crippen LogP contribution in [0.5, 0.6) is 0 Å². The first-order valence-corrected chi connectivity index (χ1v) is 3.90. The van der Waals surface area contributed by atoms with Crippen LogP contribution in [-0.4, -0.2) is 0 Å². The average Bonchev–Trinajstić information content (AvgIpc) is 2.10. The molecule has 0 radical (unpaired) electrons. The molecule has 1 nitrogen and oxygen atoms in total. The third kappa shape index (κ3) is 1.82. The summed E-state index contributed by atoms with van der Waals surface area (Å²) in [6.07, 6.45) is 0.773. The Morgan fingerprint density at radius 3 is 2.42 bits per heavy atom. The SMILES string of the molecule is [C-]#[N+]C(CC)c1ccc(F)cc1. The Kier molecular flexibility index (Phi) is 2.82. The molecule has 1 aromatic carbocycles. The quantitative estimate of drug-likeness (QED) is 0.590. The minimum absolute atomic E-state index is 0.120. The lowest BCUT2D eigenvalue weighted by Gasteiger charge is -2.01. The molecule has 0 fully saturated rings. The van der Waals surface area contributed by atoms with Gasteiger partial charge in [0.05, 0.1) is 0 Å². The van der Waals surface area contributed by atoms with Crippen LogP contribution in [0, 0.1) is 12.4 Å². The van der Waals surface area contributed by atoms with Gasteiger partial charge in [-0.25, -0.2) is 11.0 Å². The summed E-state index contributed by atoms with van der Waals surface area (Å²) in [6, 6.07) is 6.00. The second-order valence-corrected chi connectivity index (χ2v) is 2.60. The van der Waals surface area contributed by atoms with Crippen LogP contribution in [0.25, 0.3) is 4.85 Å². The summed E-state index contributed by atoms with van der Waals surface area (Å²) in [5.74, 6) is -0.251. The molecule has 62 valence electrons. The van der Waals surface area contributed by atoms with Crippen molar-refractivity contribution < 1.29 is 4.39 Å². The molecular weight excluding hydrogens is 153 g/mol. The first-order chi connectivity index (χ1) is 5.77. The molecule has 12 heavy (non-hydrogen) atoms. The van der Waals surface area contributed by atoms with E-state index in [1.54, 1.807) is 12.1 Å². The van der Waals surface area contributed by atoms with Crippen molar-refractivity contribution in [2.75, 3.05) is 0 Å². The monoisotopic (exact) mass is 163 g/mol. The topological polar surface area (TPSA) is 4.36 Å². The van der Waals surface area contributed by atoms with E-state index in [1.807, 2.05) is 6.92 Å². The van der Waals surface area contributed by atoms with Crippen LogP contribution in [0.4, 0.5) is 4.39 Å². The molecule has 0 N–H and O–H groups in total. The predicted octanol–water partition coefficient (Wildman–Crippen LogP) is 3.20. The number of benzene rings is 1. The third-order valence-electron chi connectivity index (χ3n) is 1.80. The van der Waals surface area contributed by atoms with E-state index in [2.05, 4.69) is 4.85 Å². The van der Waals surface area contributed by atoms with Gasteiger partial charge >= 0.3 is 0 Å². The lowest BCUT2D eigenvalue weighted by atomic mass is 10.1. The van der Waals surface area contributed by atoms with E-state index >= 15 is 0 Å². The summed E-state index contributed by atoms with van der Waals surface area (Å²) in [5.41, 5.74) is 0.897. The van der Waals surface area contributed by atoms with Gasteiger partial charge in [-0.2, -0.15) is 0 Å². The Bertz CT molecular complexity index is 284. The Morgan fingerprint density at radius 1 is 1.42 bits per heavy atom. The van der Waals surface area contributed by atoms with Crippen molar-refractivity contribution >= 4 is 0 Å². The zero-order chi connectivity index (χ0) is 8.97. The minimum Gasteiger partial charge on any atom is -0.309 e. The van der Waals surface area contributed by atoms with Crippen LogP contribution in [-0.2, 0) is 0 Å². The number of hydrogen-bond donors (Lipinski definition) is 0. The number of nitrogens with zero attached hydrogens (tertiary/aromatic N) is 1. The third-order valence-corrected chi connectivity index (χ3v) is 1.80. The van der Waals surface area contributed by atoms with Crippen molar-refractivity contribution in [2.24, 2.45) is 0 Å². The maximum Gasteiger partial charge on any atom is 0.248 e. The number of rotatable bonds is 2. The van der Waals surface area contributed by atoms with Crippen molar-refractivity contribution in [1.82, 2.24) is 0 Å². The molecule has 0 saturated heterocycles. The molecule has 1 aromatic rings. The highest BCUT2D eigenvalue weighted by molar-refractivity contribution is 5.21. The van der Waals surface area contributed by atoms with Gasteiger partial charge in [-0.15, -0.1) is 0 Å².